The fourth-order valence-electron chi connectivity index (χ4n) is 10.4. The summed E-state index contributed by atoms with van der Waals surface area (Å²) in [5.74, 6) is 0.804. The summed E-state index contributed by atoms with van der Waals surface area (Å²) in [6, 6.07) is 47.8. The Balaban J connectivity index is 0.000000425. The van der Waals surface area contributed by atoms with Gasteiger partial charge in [0.25, 0.3) is 6.47 Å². The molecule has 1 aliphatic rings. The molecule has 91 heavy (non-hydrogen) atoms. The third kappa shape index (κ3) is 20.6. The van der Waals surface area contributed by atoms with E-state index in [1.165, 1.54) is 9.87 Å². The number of alkyl halides is 2. The molecule has 18 nitrogen and oxygen atoms in total. The second-order valence-corrected chi connectivity index (χ2v) is 27.7. The number of hydrogen-bond acceptors (Lipinski definition) is 13. The monoisotopic (exact) mass is 1400 g/mol. The maximum atomic E-state index is 12.1. The second-order valence-electron chi connectivity index (χ2n) is 20.2. The Morgan fingerprint density at radius 3 is 1.27 bits per heavy atom. The molecule has 3 aromatic heterocycles. The Kier molecular flexibility index (Phi) is 33.0. The summed E-state index contributed by atoms with van der Waals surface area (Å²) in [5.41, 5.74) is 21.9. The molecule has 0 saturated carbocycles. The molecule has 1 fully saturated rings. The van der Waals surface area contributed by atoms with E-state index < -0.39 is 29.1 Å². The average Bonchev–Trinajstić information content (AvgIpc) is 1.63. The zero-order valence-electron chi connectivity index (χ0n) is 52.4. The quantitative estimate of drug-likeness (QED) is 0.0182. The Hall–Kier alpha value is -4.77. The van der Waals surface area contributed by atoms with Crippen LogP contribution in [0.25, 0.3) is 66.5 Å². The molecule has 1 saturated heterocycles. The summed E-state index contributed by atoms with van der Waals surface area (Å²) >= 11 is 10.8. The minimum absolute atomic E-state index is 0. The first kappa shape index (κ1) is 80.5. The van der Waals surface area contributed by atoms with Crippen molar-refractivity contribution >= 4 is 119 Å². The van der Waals surface area contributed by atoms with Gasteiger partial charge in [0.1, 0.15) is 18.2 Å². The van der Waals surface area contributed by atoms with Crippen LogP contribution in [-0.2, 0) is 58.4 Å². The molecule has 10 rings (SSSR count). The van der Waals surface area contributed by atoms with Crippen LogP contribution in [0.5, 0.6) is 0 Å². The molecule has 0 atom stereocenters. The first-order chi connectivity index (χ1) is 42.0. The van der Waals surface area contributed by atoms with Crippen molar-refractivity contribution in [1.29, 1.82) is 15.8 Å². The van der Waals surface area contributed by atoms with Crippen molar-refractivity contribution in [2.75, 3.05) is 50.3 Å². The van der Waals surface area contributed by atoms with Gasteiger partial charge in [0.15, 0.2) is 0 Å². The largest absolute Gasteiger partial charge is 1.00 e. The molecular formula is C65H72Cl3K2N9O9S3. The predicted octanol–water partition coefficient (Wildman–Crippen LogP) is 7.39. The summed E-state index contributed by atoms with van der Waals surface area (Å²) in [6.45, 7) is 15.0. The van der Waals surface area contributed by atoms with Crippen LogP contribution >= 0.6 is 33.9 Å². The third-order valence-electron chi connectivity index (χ3n) is 14.2. The number of carbonyl (C=O) groups is 1. The SMILES string of the molecule is C.CCn1c(-c2ccc(N)cc2)c(C#N)c2ccc(C)cc21.CCn1c(-c2ccc(N3CCCS3(=O)=O)cc2)c(C#N)c2ccc(C)cc21.CCn1c(-c2ccc(NS(=O)(=O)CCCCl)cc2)c(C#N)c2ccc(C)cc21.O=CO[O-].O=S(=O)(Cl)CCCCl.[H-].[K+].[K+]. The Labute approximate surface area is 635 Å². The van der Waals surface area contributed by atoms with Gasteiger partial charge >= 0.3 is 103 Å². The van der Waals surface area contributed by atoms with Gasteiger partial charge in [-0.3, -0.25) is 13.8 Å². The number of anilines is 3. The van der Waals surface area contributed by atoms with Crippen LogP contribution in [0, 0.1) is 54.8 Å². The molecule has 4 heterocycles. The number of nitrogens with zero attached hydrogens (tertiary/aromatic N) is 7. The van der Waals surface area contributed by atoms with Gasteiger partial charge < -0.3 is 31.0 Å². The molecule has 0 amide bonds. The van der Waals surface area contributed by atoms with Crippen LogP contribution in [0.4, 0.5) is 17.1 Å². The van der Waals surface area contributed by atoms with Crippen molar-refractivity contribution in [2.24, 2.45) is 0 Å². The molecule has 3 N–H and O–H groups in total. The molecule has 0 aliphatic carbocycles. The van der Waals surface area contributed by atoms with Crippen LogP contribution < -0.4 is 123 Å². The van der Waals surface area contributed by atoms with E-state index in [1.807, 2.05) is 112 Å². The first-order valence-corrected chi connectivity index (χ1v) is 34.7. The van der Waals surface area contributed by atoms with E-state index in [0.717, 1.165) is 108 Å². The summed E-state index contributed by atoms with van der Waals surface area (Å²) in [4.78, 5) is 11.2. The van der Waals surface area contributed by atoms with Crippen LogP contribution in [0.15, 0.2) is 127 Å². The van der Waals surface area contributed by atoms with Gasteiger partial charge in [-0.25, -0.2) is 25.3 Å². The standard InChI is InChI=1S/C21H22ClN3O2S.C21H21N3O2S.C18H17N3.C3H6Cl2O2S.CH2O3.CH4.2K.H/c1-3-25-20-13-15(2)5-10-18(20)19(14-23)21(25)16-6-8-17(9-7-16)24-28(26,27)12-4-11-22;1-3-23-20-13-15(2)5-10-18(20)19(14-22)21(23)16-6-8-17(9-7-16)24-11-4-12-27(24,25)26;1-3-21-17-10-12(2)4-9-15(17)16(11-19)18(21)13-5-7-14(20)8-6-13;4-2-1-3-8(5,6)7;2-1-4-3;;;;/h5-10,13,24H,3-4,11-12H2,1-2H3;5-10,13H,3-4,11-12H2,1-2H3;4-10H,3,20H2,1-2H3;1-3H2;1,3H;1H4;;;/q;;;;;;2*+1;-1/p-1. The number of carbonyl (C=O) groups excluding carboxylic acids is 1. The molecule has 0 radical (unpaired) electrons. The van der Waals surface area contributed by atoms with Crippen molar-refractivity contribution in [3.05, 3.63) is 161 Å². The molecular weight excluding hydrogens is 1330 g/mol. The molecule has 1 aliphatic heterocycles. The van der Waals surface area contributed by atoms with E-state index in [-0.39, 0.29) is 135 Å². The average molecular weight is 1400 g/mol. The first-order valence-electron chi connectivity index (χ1n) is 27.9. The normalized spacial score (nSPS) is 12.0. The van der Waals surface area contributed by atoms with Crippen LogP contribution in [-0.4, -0.2) is 81.0 Å². The third-order valence-corrected chi connectivity index (χ3v) is 19.2. The zero-order chi connectivity index (χ0) is 64.5. The summed E-state index contributed by atoms with van der Waals surface area (Å²) in [6.07, 6.45) is 1.48. The van der Waals surface area contributed by atoms with Gasteiger partial charge in [-0.05, 0) is 149 Å². The maximum absolute atomic E-state index is 12.1. The topological polar surface area (TPSA) is 279 Å². The number of fused-ring (bicyclic) bond motifs is 3. The molecule has 26 heteroatoms. The predicted molar refractivity (Wildman–Crippen MR) is 360 cm³/mol. The van der Waals surface area contributed by atoms with E-state index >= 15 is 0 Å². The zero-order valence-corrected chi connectivity index (χ0v) is 62.4. The van der Waals surface area contributed by atoms with E-state index in [4.69, 9.17) is 49.7 Å². The number of aromatic nitrogens is 3. The number of benzene rings is 6. The van der Waals surface area contributed by atoms with Crippen LogP contribution in [0.2, 0.25) is 0 Å². The van der Waals surface area contributed by atoms with Gasteiger partial charge in [0, 0.05) is 76.2 Å². The van der Waals surface area contributed by atoms with Gasteiger partial charge in [0.2, 0.25) is 29.1 Å². The molecule has 0 bridgehead atoms. The Morgan fingerprint density at radius 1 is 0.626 bits per heavy atom. The smallest absolute Gasteiger partial charge is 1.00 e. The van der Waals surface area contributed by atoms with E-state index in [1.54, 1.807) is 12.1 Å². The van der Waals surface area contributed by atoms with Crippen molar-refractivity contribution in [3.8, 4) is 52.0 Å². The number of aryl methyl sites for hydroxylation is 6. The number of sulfonamides is 2. The van der Waals surface area contributed by atoms with Gasteiger partial charge in [0.05, 0.1) is 73.3 Å². The molecule has 9 aromatic rings. The maximum Gasteiger partial charge on any atom is 1.00 e. The summed E-state index contributed by atoms with van der Waals surface area (Å²) < 4.78 is 79.1. The molecule has 6 aromatic carbocycles. The summed E-state index contributed by atoms with van der Waals surface area (Å²) in [5, 5.41) is 40.5. The van der Waals surface area contributed by atoms with Crippen molar-refractivity contribution in [3.63, 3.8) is 0 Å². The van der Waals surface area contributed by atoms with Crippen molar-refractivity contribution in [1.82, 2.24) is 13.7 Å². The van der Waals surface area contributed by atoms with Gasteiger partial charge in [-0.2, -0.15) is 15.8 Å². The van der Waals surface area contributed by atoms with Crippen molar-refractivity contribution < 1.29 is 144 Å². The Bertz CT molecular complexity index is 4440. The Morgan fingerprint density at radius 2 is 0.978 bits per heavy atom. The number of nitrogens with one attached hydrogen (secondary N) is 1. The molecule has 0 unspecified atom stereocenters. The van der Waals surface area contributed by atoms with Gasteiger partial charge in [-0.1, -0.05) is 80.2 Å². The van der Waals surface area contributed by atoms with Crippen LogP contribution in [0.3, 0.4) is 0 Å². The molecule has 472 valence electrons. The van der Waals surface area contributed by atoms with E-state index in [2.05, 4.69) is 86.6 Å². The number of hydrogen-bond donors (Lipinski definition) is 2. The fourth-order valence-corrected chi connectivity index (χ4v) is 14.4. The number of nitriles is 3. The second kappa shape index (κ2) is 37.4. The van der Waals surface area contributed by atoms with Crippen LogP contribution in [0.1, 0.15) is 82.3 Å². The fraction of sp³-hybridized carbons (Fsp3) is 0.292. The number of rotatable bonds is 16. The molecule has 0 spiro atoms. The van der Waals surface area contributed by atoms with Gasteiger partial charge in [-0.15, -0.1) is 23.2 Å². The number of nitrogens with two attached hydrogens (primary N) is 1. The summed E-state index contributed by atoms with van der Waals surface area (Å²) in [7, 11) is -5.08. The minimum atomic E-state index is -3.42. The number of nitrogen functional groups attached to an aromatic ring is 1. The van der Waals surface area contributed by atoms with E-state index in [9.17, 15) is 41.0 Å². The minimum Gasteiger partial charge on any atom is -1.00 e. The number of halogens is 3. The van der Waals surface area contributed by atoms with E-state index in [0.29, 0.717) is 60.1 Å². The van der Waals surface area contributed by atoms with Crippen molar-refractivity contribution in [2.45, 2.75) is 87.9 Å².